The molecule has 1 N–H and O–H groups in total. The Morgan fingerprint density at radius 3 is 3.00 bits per heavy atom. The summed E-state index contributed by atoms with van der Waals surface area (Å²) < 4.78 is 1.92. The summed E-state index contributed by atoms with van der Waals surface area (Å²) in [4.78, 5) is 0. The van der Waals surface area contributed by atoms with Gasteiger partial charge >= 0.3 is 0 Å². The van der Waals surface area contributed by atoms with Crippen molar-refractivity contribution in [3.8, 4) is 11.3 Å². The van der Waals surface area contributed by atoms with Gasteiger partial charge in [-0.15, -0.1) is 0 Å². The van der Waals surface area contributed by atoms with Crippen LogP contribution in [-0.4, -0.2) is 16.3 Å². The van der Waals surface area contributed by atoms with Crippen LogP contribution in [0.1, 0.15) is 11.1 Å². The van der Waals surface area contributed by atoms with Crippen molar-refractivity contribution in [1.29, 1.82) is 0 Å². The Balaban J connectivity index is 2.06. The predicted molar refractivity (Wildman–Crippen MR) is 64.1 cm³/mol. The largest absolute Gasteiger partial charge is 0.312 e. The number of aryl methyl sites for hydroxylation is 1. The van der Waals surface area contributed by atoms with E-state index in [1.807, 2.05) is 17.9 Å². The van der Waals surface area contributed by atoms with Gasteiger partial charge in [0.05, 0.1) is 5.69 Å². The Hall–Kier alpha value is -1.61. The first-order valence-corrected chi connectivity index (χ1v) is 5.65. The van der Waals surface area contributed by atoms with E-state index in [0.29, 0.717) is 0 Å². The van der Waals surface area contributed by atoms with Gasteiger partial charge < -0.3 is 5.32 Å². The zero-order valence-corrected chi connectivity index (χ0v) is 9.40. The molecule has 1 aliphatic rings. The van der Waals surface area contributed by atoms with E-state index in [2.05, 4.69) is 34.7 Å². The van der Waals surface area contributed by atoms with Crippen LogP contribution in [-0.2, 0) is 20.0 Å². The third kappa shape index (κ3) is 1.53. The Morgan fingerprint density at radius 1 is 1.25 bits per heavy atom. The van der Waals surface area contributed by atoms with Crippen molar-refractivity contribution in [3.63, 3.8) is 0 Å². The summed E-state index contributed by atoms with van der Waals surface area (Å²) in [5.74, 6) is 0. The molecule has 0 aliphatic carbocycles. The van der Waals surface area contributed by atoms with Crippen LogP contribution >= 0.6 is 0 Å². The fourth-order valence-corrected chi connectivity index (χ4v) is 2.29. The lowest BCUT2D eigenvalue weighted by molar-refractivity contribution is 0.644. The summed E-state index contributed by atoms with van der Waals surface area (Å²) in [6.07, 6.45) is 2.97. The molecule has 0 atom stereocenters. The average molecular weight is 213 g/mol. The number of nitrogens with zero attached hydrogens (tertiary/aromatic N) is 2. The van der Waals surface area contributed by atoms with Crippen molar-refractivity contribution in [3.05, 3.63) is 41.6 Å². The summed E-state index contributed by atoms with van der Waals surface area (Å²) in [7, 11) is 1.98. The molecule has 82 valence electrons. The van der Waals surface area contributed by atoms with Crippen LogP contribution in [0, 0.1) is 0 Å². The number of nitrogens with one attached hydrogen (secondary N) is 1. The first-order valence-electron chi connectivity index (χ1n) is 5.65. The second-order valence-corrected chi connectivity index (χ2v) is 4.25. The Labute approximate surface area is 95.1 Å². The minimum atomic E-state index is 1.00. The average Bonchev–Trinajstić information content (AvgIpc) is 2.75. The molecule has 0 fully saturated rings. The second kappa shape index (κ2) is 3.76. The molecule has 1 aliphatic heterocycles. The molecule has 1 aromatic carbocycles. The molecule has 0 bridgehead atoms. The van der Waals surface area contributed by atoms with E-state index in [4.69, 9.17) is 0 Å². The Morgan fingerprint density at radius 2 is 2.19 bits per heavy atom. The molecule has 3 rings (SSSR count). The first kappa shape index (κ1) is 9.60. The van der Waals surface area contributed by atoms with Crippen LogP contribution in [0.3, 0.4) is 0 Å². The van der Waals surface area contributed by atoms with Crippen LogP contribution in [0.4, 0.5) is 0 Å². The standard InChI is InChI=1S/C13H15N3/c1-16-13(5-7-15-16)11-2-3-12-9-14-6-4-10(12)8-11/h2-3,5,7-8,14H,4,6,9H2,1H3. The Bertz CT molecular complexity index is 514. The first-order chi connectivity index (χ1) is 7.84. The molecule has 16 heavy (non-hydrogen) atoms. The molecule has 0 spiro atoms. The van der Waals surface area contributed by atoms with Crippen LogP contribution in [0.5, 0.6) is 0 Å². The third-order valence-electron chi connectivity index (χ3n) is 3.21. The summed E-state index contributed by atoms with van der Waals surface area (Å²) in [5, 5.41) is 7.60. The fourth-order valence-electron chi connectivity index (χ4n) is 2.29. The highest BCUT2D eigenvalue weighted by atomic mass is 15.2. The molecule has 3 nitrogen and oxygen atoms in total. The lowest BCUT2D eigenvalue weighted by Crippen LogP contribution is -2.23. The quantitative estimate of drug-likeness (QED) is 0.782. The summed E-state index contributed by atoms with van der Waals surface area (Å²) >= 11 is 0. The monoisotopic (exact) mass is 213 g/mol. The van der Waals surface area contributed by atoms with E-state index in [-0.39, 0.29) is 0 Å². The van der Waals surface area contributed by atoms with Crippen LogP contribution in [0.15, 0.2) is 30.5 Å². The van der Waals surface area contributed by atoms with Gasteiger partial charge in [-0.05, 0) is 36.2 Å². The van der Waals surface area contributed by atoms with Crippen molar-refractivity contribution in [1.82, 2.24) is 15.1 Å². The second-order valence-electron chi connectivity index (χ2n) is 4.25. The maximum atomic E-state index is 4.21. The summed E-state index contributed by atoms with van der Waals surface area (Å²) in [6, 6.07) is 8.77. The highest BCUT2D eigenvalue weighted by molar-refractivity contribution is 5.61. The van der Waals surface area contributed by atoms with E-state index in [1.165, 1.54) is 22.4 Å². The van der Waals surface area contributed by atoms with Crippen LogP contribution < -0.4 is 5.32 Å². The maximum Gasteiger partial charge on any atom is 0.0678 e. The van der Waals surface area contributed by atoms with E-state index >= 15 is 0 Å². The van der Waals surface area contributed by atoms with Gasteiger partial charge in [0.1, 0.15) is 0 Å². The number of fused-ring (bicyclic) bond motifs is 1. The van der Waals surface area contributed by atoms with Gasteiger partial charge in [0, 0.05) is 25.4 Å². The van der Waals surface area contributed by atoms with E-state index in [0.717, 1.165) is 19.5 Å². The molecule has 0 saturated heterocycles. The van der Waals surface area contributed by atoms with Crippen molar-refractivity contribution < 1.29 is 0 Å². The minimum Gasteiger partial charge on any atom is -0.312 e. The van der Waals surface area contributed by atoms with Gasteiger partial charge in [-0.1, -0.05) is 12.1 Å². The van der Waals surface area contributed by atoms with Crippen molar-refractivity contribution in [2.24, 2.45) is 7.05 Å². The molecule has 1 aromatic heterocycles. The molecule has 0 saturated carbocycles. The number of rotatable bonds is 1. The number of benzene rings is 1. The Kier molecular flexibility index (Phi) is 2.26. The number of aromatic nitrogens is 2. The smallest absolute Gasteiger partial charge is 0.0678 e. The van der Waals surface area contributed by atoms with Gasteiger partial charge in [0.15, 0.2) is 0 Å². The SMILES string of the molecule is Cn1nccc1-c1ccc2c(c1)CCNC2. The molecule has 2 heterocycles. The van der Waals surface area contributed by atoms with Crippen molar-refractivity contribution >= 4 is 0 Å². The lowest BCUT2D eigenvalue weighted by Gasteiger charge is -2.17. The summed E-state index contributed by atoms with van der Waals surface area (Å²) in [5.41, 5.74) is 5.34. The predicted octanol–water partition coefficient (Wildman–Crippen LogP) is 1.73. The lowest BCUT2D eigenvalue weighted by atomic mass is 9.97. The van der Waals surface area contributed by atoms with Gasteiger partial charge in [0.2, 0.25) is 0 Å². The van der Waals surface area contributed by atoms with Crippen molar-refractivity contribution in [2.75, 3.05) is 6.54 Å². The molecule has 0 unspecified atom stereocenters. The maximum absolute atomic E-state index is 4.21. The van der Waals surface area contributed by atoms with E-state index in [1.54, 1.807) is 0 Å². The summed E-state index contributed by atoms with van der Waals surface area (Å²) in [6.45, 7) is 2.09. The molecule has 0 amide bonds. The van der Waals surface area contributed by atoms with Gasteiger partial charge in [-0.3, -0.25) is 4.68 Å². The fraction of sp³-hybridized carbons (Fsp3) is 0.308. The van der Waals surface area contributed by atoms with Gasteiger partial charge in [0.25, 0.3) is 0 Å². The van der Waals surface area contributed by atoms with Crippen LogP contribution in [0.2, 0.25) is 0 Å². The number of hydrogen-bond donors (Lipinski definition) is 1. The van der Waals surface area contributed by atoms with E-state index < -0.39 is 0 Å². The molecule has 0 radical (unpaired) electrons. The molecular formula is C13H15N3. The topological polar surface area (TPSA) is 29.9 Å². The highest BCUT2D eigenvalue weighted by Crippen LogP contribution is 2.23. The van der Waals surface area contributed by atoms with Crippen molar-refractivity contribution in [2.45, 2.75) is 13.0 Å². The molecule has 3 heteroatoms. The van der Waals surface area contributed by atoms with Gasteiger partial charge in [-0.2, -0.15) is 5.10 Å². The zero-order chi connectivity index (χ0) is 11.0. The van der Waals surface area contributed by atoms with E-state index in [9.17, 15) is 0 Å². The number of hydrogen-bond acceptors (Lipinski definition) is 2. The minimum absolute atomic E-state index is 1.00. The highest BCUT2D eigenvalue weighted by Gasteiger charge is 2.10. The molecule has 2 aromatic rings. The third-order valence-corrected chi connectivity index (χ3v) is 3.21. The normalized spacial score (nSPS) is 14.8. The molecular weight excluding hydrogens is 198 g/mol. The van der Waals surface area contributed by atoms with Crippen LogP contribution in [0.25, 0.3) is 11.3 Å². The zero-order valence-electron chi connectivity index (χ0n) is 9.40. The van der Waals surface area contributed by atoms with Gasteiger partial charge in [-0.25, -0.2) is 0 Å².